The molecule has 0 saturated carbocycles. The predicted octanol–water partition coefficient (Wildman–Crippen LogP) is 6.51. The maximum Gasteiger partial charge on any atom is 0.254 e. The lowest BCUT2D eigenvalue weighted by Gasteiger charge is -2.17. The Morgan fingerprint density at radius 1 is 0.865 bits per heavy atom. The van der Waals surface area contributed by atoms with Gasteiger partial charge in [-0.05, 0) is 42.5 Å². The molecule has 0 saturated heterocycles. The van der Waals surface area contributed by atoms with Gasteiger partial charge in [0, 0.05) is 34.4 Å². The smallest absolute Gasteiger partial charge is 0.254 e. The molecule has 6 aromatic rings. The molecule has 0 N–H and O–H groups in total. The molecular formula is C32H27N2O3+. The van der Waals surface area contributed by atoms with Crippen molar-refractivity contribution in [2.24, 2.45) is 0 Å². The Morgan fingerprint density at radius 2 is 1.59 bits per heavy atom. The number of benzene rings is 4. The molecule has 5 heteroatoms. The number of furan rings is 1. The van der Waals surface area contributed by atoms with E-state index in [1.165, 1.54) is 5.56 Å². The summed E-state index contributed by atoms with van der Waals surface area (Å²) in [5.41, 5.74) is 4.75. The molecule has 0 spiro atoms. The van der Waals surface area contributed by atoms with E-state index in [9.17, 15) is 4.79 Å². The number of ketones is 1. The number of methoxy groups -OCH3 is 1. The van der Waals surface area contributed by atoms with Crippen LogP contribution in [0, 0.1) is 6.92 Å². The zero-order valence-electron chi connectivity index (χ0n) is 20.8. The van der Waals surface area contributed by atoms with Crippen LogP contribution in [0.1, 0.15) is 33.4 Å². The number of aromatic nitrogens is 2. The summed E-state index contributed by atoms with van der Waals surface area (Å²) in [5, 5.41) is 2.21. The van der Waals surface area contributed by atoms with Crippen LogP contribution in [0.25, 0.3) is 21.9 Å². The second kappa shape index (κ2) is 9.43. The number of ether oxygens (including phenoxy) is 1. The Labute approximate surface area is 215 Å². The fourth-order valence-electron chi connectivity index (χ4n) is 5.04. The van der Waals surface area contributed by atoms with Gasteiger partial charge in [0.15, 0.2) is 12.6 Å². The largest absolute Gasteiger partial charge is 0.497 e. The van der Waals surface area contributed by atoms with Gasteiger partial charge in [-0.2, -0.15) is 0 Å². The van der Waals surface area contributed by atoms with Gasteiger partial charge < -0.3 is 9.15 Å². The molecule has 0 aliphatic carbocycles. The molecule has 6 rings (SSSR count). The summed E-state index contributed by atoms with van der Waals surface area (Å²) in [6, 6.07) is 32.2. The van der Waals surface area contributed by atoms with E-state index < -0.39 is 0 Å². The Balaban J connectivity index is 1.40. The van der Waals surface area contributed by atoms with Gasteiger partial charge in [0.05, 0.1) is 7.11 Å². The van der Waals surface area contributed by atoms with Crippen molar-refractivity contribution in [3.63, 3.8) is 0 Å². The summed E-state index contributed by atoms with van der Waals surface area (Å²) >= 11 is 0. The number of hydrogen-bond acceptors (Lipinski definition) is 3. The second-order valence-electron chi connectivity index (χ2n) is 9.20. The average Bonchev–Trinajstić information content (AvgIpc) is 3.49. The molecule has 182 valence electrons. The standard InChI is InChI=1S/C32H27N2O3/c1-22-33(21-29(35)23-12-15-26(36-2)16-13-23)18-19-34(22)32(24-8-4-3-5-9-24)25-14-17-31-28(20-25)27-10-6-7-11-30(27)37-31/h3-20,32H,21H2,1-2H3/q+1. The second-order valence-corrected chi connectivity index (χ2v) is 9.20. The van der Waals surface area contributed by atoms with Crippen molar-refractivity contribution in [2.45, 2.75) is 19.5 Å². The van der Waals surface area contributed by atoms with E-state index in [0.717, 1.165) is 39.1 Å². The molecule has 0 aliphatic heterocycles. The van der Waals surface area contributed by atoms with Gasteiger partial charge in [0.25, 0.3) is 5.82 Å². The zero-order chi connectivity index (χ0) is 25.4. The molecule has 5 nitrogen and oxygen atoms in total. The van der Waals surface area contributed by atoms with Crippen molar-refractivity contribution < 1.29 is 18.5 Å². The van der Waals surface area contributed by atoms with Gasteiger partial charge in [-0.3, -0.25) is 4.79 Å². The van der Waals surface area contributed by atoms with Crippen LogP contribution in [0.15, 0.2) is 114 Å². The molecule has 2 aromatic heterocycles. The van der Waals surface area contributed by atoms with Crippen LogP contribution in [0.4, 0.5) is 0 Å². The third-order valence-corrected chi connectivity index (χ3v) is 7.03. The lowest BCUT2D eigenvalue weighted by molar-refractivity contribution is -0.688. The molecule has 0 radical (unpaired) electrons. The van der Waals surface area contributed by atoms with Crippen molar-refractivity contribution in [2.75, 3.05) is 7.11 Å². The highest BCUT2D eigenvalue weighted by Gasteiger charge is 2.27. The van der Waals surface area contributed by atoms with Crippen LogP contribution < -0.4 is 9.30 Å². The van der Waals surface area contributed by atoms with Crippen LogP contribution in [0.5, 0.6) is 5.75 Å². The Bertz CT molecular complexity index is 1710. The quantitative estimate of drug-likeness (QED) is 0.190. The first-order valence-corrected chi connectivity index (χ1v) is 12.3. The van der Waals surface area contributed by atoms with Gasteiger partial charge in [-0.15, -0.1) is 0 Å². The molecule has 4 aromatic carbocycles. The highest BCUT2D eigenvalue weighted by molar-refractivity contribution is 6.05. The summed E-state index contributed by atoms with van der Waals surface area (Å²) in [4.78, 5) is 13.0. The number of imidazole rings is 1. The molecule has 1 unspecified atom stereocenters. The van der Waals surface area contributed by atoms with E-state index in [-0.39, 0.29) is 18.4 Å². The molecular weight excluding hydrogens is 460 g/mol. The summed E-state index contributed by atoms with van der Waals surface area (Å²) in [7, 11) is 1.62. The number of hydrogen-bond donors (Lipinski definition) is 0. The average molecular weight is 488 g/mol. The van der Waals surface area contributed by atoms with E-state index >= 15 is 0 Å². The first-order chi connectivity index (χ1) is 18.1. The SMILES string of the molecule is COc1ccc(C(=O)C[n+]2ccn(C(c3ccccc3)c3ccc4oc5ccccc5c4c3)c2C)cc1. The number of rotatable bonds is 7. The lowest BCUT2D eigenvalue weighted by Crippen LogP contribution is -2.40. The van der Waals surface area contributed by atoms with Crippen LogP contribution in [-0.2, 0) is 6.54 Å². The monoisotopic (exact) mass is 487 g/mol. The lowest BCUT2D eigenvalue weighted by atomic mass is 9.96. The minimum absolute atomic E-state index is 0.0519. The first-order valence-electron chi connectivity index (χ1n) is 12.3. The summed E-state index contributed by atoms with van der Waals surface area (Å²) < 4.78 is 15.5. The number of nitrogens with zero attached hydrogens (tertiary/aromatic N) is 2. The number of para-hydroxylation sites is 1. The van der Waals surface area contributed by atoms with Crippen molar-refractivity contribution in [1.29, 1.82) is 0 Å². The number of carbonyl (C=O) groups excluding carboxylic acids is 1. The number of carbonyl (C=O) groups is 1. The van der Waals surface area contributed by atoms with Gasteiger partial charge in [0.1, 0.15) is 29.3 Å². The predicted molar refractivity (Wildman–Crippen MR) is 144 cm³/mol. The van der Waals surface area contributed by atoms with Crippen molar-refractivity contribution in [3.05, 3.63) is 132 Å². The Kier molecular flexibility index (Phi) is 5.81. The fraction of sp³-hybridized carbons (Fsp3) is 0.125. The minimum atomic E-state index is -0.0587. The van der Waals surface area contributed by atoms with Gasteiger partial charge in [-0.25, -0.2) is 9.13 Å². The van der Waals surface area contributed by atoms with Crippen molar-refractivity contribution >= 4 is 27.7 Å². The summed E-state index contributed by atoms with van der Waals surface area (Å²) in [6.45, 7) is 2.32. The summed E-state index contributed by atoms with van der Waals surface area (Å²) in [6.07, 6.45) is 4.05. The van der Waals surface area contributed by atoms with Crippen molar-refractivity contribution in [3.8, 4) is 5.75 Å². The normalized spacial score (nSPS) is 12.2. The van der Waals surface area contributed by atoms with Gasteiger partial charge in [0.2, 0.25) is 5.78 Å². The van der Waals surface area contributed by atoms with Crippen LogP contribution >= 0.6 is 0 Å². The molecule has 0 amide bonds. The molecule has 1 atom stereocenters. The number of fused-ring (bicyclic) bond motifs is 3. The molecule has 37 heavy (non-hydrogen) atoms. The van der Waals surface area contributed by atoms with E-state index in [1.54, 1.807) is 7.11 Å². The molecule has 0 bridgehead atoms. The maximum atomic E-state index is 13.0. The Morgan fingerprint density at radius 3 is 2.38 bits per heavy atom. The van der Waals surface area contributed by atoms with Crippen LogP contribution in [0.3, 0.4) is 0 Å². The van der Waals surface area contributed by atoms with Crippen molar-refractivity contribution in [1.82, 2.24) is 4.57 Å². The molecule has 0 aliphatic rings. The molecule has 0 fully saturated rings. The third kappa shape index (κ3) is 4.19. The Hall–Kier alpha value is -4.64. The van der Waals surface area contributed by atoms with E-state index in [2.05, 4.69) is 66.2 Å². The minimum Gasteiger partial charge on any atom is -0.497 e. The topological polar surface area (TPSA) is 48.2 Å². The maximum absolute atomic E-state index is 13.0. The third-order valence-electron chi connectivity index (χ3n) is 7.03. The van der Waals surface area contributed by atoms with Crippen LogP contribution in [0.2, 0.25) is 0 Å². The van der Waals surface area contributed by atoms with Gasteiger partial charge >= 0.3 is 0 Å². The van der Waals surface area contributed by atoms with Gasteiger partial charge in [-0.1, -0.05) is 54.6 Å². The van der Waals surface area contributed by atoms with E-state index in [1.807, 2.05) is 59.3 Å². The molecule has 2 heterocycles. The van der Waals surface area contributed by atoms with Crippen LogP contribution in [-0.4, -0.2) is 17.5 Å². The van der Waals surface area contributed by atoms with E-state index in [0.29, 0.717) is 5.56 Å². The number of Topliss-reactive ketones (excluding diaryl/α,β-unsaturated/α-hetero) is 1. The van der Waals surface area contributed by atoms with E-state index in [4.69, 9.17) is 9.15 Å². The highest BCUT2D eigenvalue weighted by atomic mass is 16.5. The fourth-order valence-corrected chi connectivity index (χ4v) is 5.04. The zero-order valence-corrected chi connectivity index (χ0v) is 20.8. The first kappa shape index (κ1) is 22.8. The highest BCUT2D eigenvalue weighted by Crippen LogP contribution is 2.34. The summed E-state index contributed by atoms with van der Waals surface area (Å²) in [5.74, 6) is 1.78.